The van der Waals surface area contributed by atoms with Crippen LogP contribution in [0.5, 0.6) is 0 Å². The summed E-state index contributed by atoms with van der Waals surface area (Å²) in [5.41, 5.74) is 2.67. The largest absolute Gasteiger partial charge is 0.416 e. The van der Waals surface area contributed by atoms with Crippen molar-refractivity contribution in [3.05, 3.63) is 59.4 Å². The van der Waals surface area contributed by atoms with E-state index in [1.165, 1.54) is 12.1 Å². The summed E-state index contributed by atoms with van der Waals surface area (Å²) in [6.45, 7) is 5.11. The highest BCUT2D eigenvalue weighted by Gasteiger charge is 2.57. The molecule has 3 aromatic rings. The number of rotatable bonds is 7. The van der Waals surface area contributed by atoms with Crippen LogP contribution in [0.1, 0.15) is 42.0 Å². The van der Waals surface area contributed by atoms with Gasteiger partial charge in [0.05, 0.1) is 5.56 Å². The number of aryl methyl sites for hydroxylation is 1. The summed E-state index contributed by atoms with van der Waals surface area (Å²) in [7, 11) is 1.99. The molecule has 1 unspecified atom stereocenters. The number of hydrogen-bond acceptors (Lipinski definition) is 5. The SMILES string of the molecule is Cc1ncccc1-c1nnc(SCCCN2CC[C@]3(CC3c3ccc(C(F)(F)F)cc3)C2)n1C. The lowest BCUT2D eigenvalue weighted by molar-refractivity contribution is -0.137. The molecule has 9 heteroatoms. The Morgan fingerprint density at radius 3 is 2.68 bits per heavy atom. The molecular weight excluding hydrogens is 459 g/mol. The third-order valence-corrected chi connectivity index (χ3v) is 8.33. The van der Waals surface area contributed by atoms with Gasteiger partial charge in [-0.15, -0.1) is 10.2 Å². The zero-order chi connectivity index (χ0) is 23.9. The van der Waals surface area contributed by atoms with Crippen LogP contribution >= 0.6 is 11.8 Å². The summed E-state index contributed by atoms with van der Waals surface area (Å²) in [5, 5.41) is 9.63. The van der Waals surface area contributed by atoms with Crippen molar-refractivity contribution in [1.82, 2.24) is 24.6 Å². The van der Waals surface area contributed by atoms with E-state index >= 15 is 0 Å². The summed E-state index contributed by atoms with van der Waals surface area (Å²) >= 11 is 1.72. The number of alkyl halides is 3. The number of thioether (sulfide) groups is 1. The average molecular weight is 488 g/mol. The van der Waals surface area contributed by atoms with Crippen LogP contribution < -0.4 is 0 Å². The van der Waals surface area contributed by atoms with E-state index < -0.39 is 11.7 Å². The molecule has 1 aromatic carbocycles. The molecule has 5 rings (SSSR count). The van der Waals surface area contributed by atoms with E-state index in [2.05, 4.69) is 20.1 Å². The summed E-state index contributed by atoms with van der Waals surface area (Å²) < 4.78 is 40.5. The molecular formula is C25H28F3N5S. The first-order chi connectivity index (χ1) is 16.3. The molecule has 2 fully saturated rings. The van der Waals surface area contributed by atoms with Gasteiger partial charge in [0.15, 0.2) is 11.0 Å². The highest BCUT2D eigenvalue weighted by atomic mass is 32.2. The maximum Gasteiger partial charge on any atom is 0.416 e. The van der Waals surface area contributed by atoms with Crippen LogP contribution in [0.15, 0.2) is 47.8 Å². The van der Waals surface area contributed by atoms with E-state index in [0.717, 1.165) is 72.5 Å². The zero-order valence-corrected chi connectivity index (χ0v) is 20.2. The summed E-state index contributed by atoms with van der Waals surface area (Å²) in [6.07, 6.45) is 0.773. The van der Waals surface area contributed by atoms with Gasteiger partial charge in [-0.2, -0.15) is 13.2 Å². The van der Waals surface area contributed by atoms with Crippen molar-refractivity contribution in [2.45, 2.75) is 43.4 Å². The third-order valence-electron chi connectivity index (χ3n) is 7.23. The van der Waals surface area contributed by atoms with E-state index in [4.69, 9.17) is 0 Å². The van der Waals surface area contributed by atoms with Gasteiger partial charge in [-0.25, -0.2) is 0 Å². The minimum atomic E-state index is -4.27. The molecule has 0 radical (unpaired) electrons. The fourth-order valence-corrected chi connectivity index (χ4v) is 6.03. The topological polar surface area (TPSA) is 46.8 Å². The predicted octanol–water partition coefficient (Wildman–Crippen LogP) is 5.57. The van der Waals surface area contributed by atoms with Crippen LogP contribution in [-0.4, -0.2) is 50.0 Å². The molecule has 3 heterocycles. The molecule has 180 valence electrons. The monoisotopic (exact) mass is 487 g/mol. The van der Waals surface area contributed by atoms with Gasteiger partial charge in [0, 0.05) is 36.8 Å². The molecule has 1 aliphatic heterocycles. The molecule has 0 N–H and O–H groups in total. The summed E-state index contributed by atoms with van der Waals surface area (Å²) in [6, 6.07) is 9.71. The summed E-state index contributed by atoms with van der Waals surface area (Å²) in [5.74, 6) is 2.18. The van der Waals surface area contributed by atoms with Crippen LogP contribution in [0.25, 0.3) is 11.4 Å². The number of aromatic nitrogens is 4. The van der Waals surface area contributed by atoms with Crippen molar-refractivity contribution >= 4 is 11.8 Å². The van der Waals surface area contributed by atoms with Gasteiger partial charge in [0.2, 0.25) is 0 Å². The molecule has 1 saturated carbocycles. The second kappa shape index (κ2) is 9.00. The van der Waals surface area contributed by atoms with Gasteiger partial charge < -0.3 is 9.47 Å². The van der Waals surface area contributed by atoms with Gasteiger partial charge in [-0.1, -0.05) is 23.9 Å². The standard InChI is InChI=1S/C25H28F3N5S/c1-17-20(5-3-11-29-17)22-30-31-23(32(22)2)34-14-4-12-33-13-10-24(16-33)15-21(24)18-6-8-19(9-7-18)25(26,27)28/h3,5-9,11,21H,4,10,12-16H2,1-2H3/t21?,24-/m0/s1. The first-order valence-corrected chi connectivity index (χ1v) is 12.6. The Hall–Kier alpha value is -2.39. The van der Waals surface area contributed by atoms with E-state index in [-0.39, 0.29) is 5.41 Å². The van der Waals surface area contributed by atoms with Crippen molar-refractivity contribution in [3.8, 4) is 11.4 Å². The number of nitrogens with zero attached hydrogens (tertiary/aromatic N) is 5. The zero-order valence-electron chi connectivity index (χ0n) is 19.3. The Morgan fingerprint density at radius 1 is 1.15 bits per heavy atom. The molecule has 1 aliphatic carbocycles. The van der Waals surface area contributed by atoms with E-state index in [1.54, 1.807) is 30.1 Å². The lowest BCUT2D eigenvalue weighted by atomic mass is 9.97. The number of pyridine rings is 1. The van der Waals surface area contributed by atoms with Crippen LogP contribution in [0.2, 0.25) is 0 Å². The molecule has 0 amide bonds. The maximum absolute atomic E-state index is 12.8. The van der Waals surface area contributed by atoms with E-state index in [0.29, 0.717) is 5.92 Å². The second-order valence-electron chi connectivity index (χ2n) is 9.47. The number of hydrogen-bond donors (Lipinski definition) is 0. The normalized spacial score (nSPS) is 22.6. The molecule has 2 atom stereocenters. The number of likely N-dealkylation sites (tertiary alicyclic amines) is 1. The Labute approximate surface area is 201 Å². The van der Waals surface area contributed by atoms with Crippen LogP contribution in [0.3, 0.4) is 0 Å². The molecule has 1 spiro atoms. The first kappa shape index (κ1) is 23.4. The highest BCUT2D eigenvalue weighted by molar-refractivity contribution is 7.99. The van der Waals surface area contributed by atoms with Crippen molar-refractivity contribution in [3.63, 3.8) is 0 Å². The van der Waals surface area contributed by atoms with Gasteiger partial charge in [-0.3, -0.25) is 4.98 Å². The first-order valence-electron chi connectivity index (χ1n) is 11.6. The Bertz CT molecular complexity index is 1160. The fourth-order valence-electron chi connectivity index (χ4n) is 5.20. The average Bonchev–Trinajstić information content (AvgIpc) is 3.16. The van der Waals surface area contributed by atoms with Gasteiger partial charge >= 0.3 is 6.18 Å². The maximum atomic E-state index is 12.8. The van der Waals surface area contributed by atoms with Crippen molar-refractivity contribution in [1.29, 1.82) is 0 Å². The third kappa shape index (κ3) is 4.60. The Balaban J connectivity index is 1.09. The molecule has 5 nitrogen and oxygen atoms in total. The van der Waals surface area contributed by atoms with Gasteiger partial charge in [-0.05, 0) is 80.4 Å². The van der Waals surface area contributed by atoms with Crippen LogP contribution in [-0.2, 0) is 13.2 Å². The van der Waals surface area contributed by atoms with Crippen LogP contribution in [0.4, 0.5) is 13.2 Å². The minimum absolute atomic E-state index is 0.257. The van der Waals surface area contributed by atoms with Gasteiger partial charge in [0.25, 0.3) is 0 Å². The van der Waals surface area contributed by atoms with Crippen molar-refractivity contribution in [2.75, 3.05) is 25.4 Å². The molecule has 1 saturated heterocycles. The van der Waals surface area contributed by atoms with Gasteiger partial charge in [0.1, 0.15) is 0 Å². The minimum Gasteiger partial charge on any atom is -0.305 e. The predicted molar refractivity (Wildman–Crippen MR) is 127 cm³/mol. The van der Waals surface area contributed by atoms with E-state index in [1.807, 2.05) is 30.7 Å². The Kier molecular flexibility index (Phi) is 6.18. The molecule has 34 heavy (non-hydrogen) atoms. The lowest BCUT2D eigenvalue weighted by Gasteiger charge is -2.16. The molecule has 2 aliphatic rings. The van der Waals surface area contributed by atoms with Crippen molar-refractivity contribution < 1.29 is 13.2 Å². The molecule has 0 bridgehead atoms. The summed E-state index contributed by atoms with van der Waals surface area (Å²) in [4.78, 5) is 6.85. The van der Waals surface area contributed by atoms with E-state index in [9.17, 15) is 13.2 Å². The van der Waals surface area contributed by atoms with Crippen LogP contribution in [0, 0.1) is 12.3 Å². The molecule has 2 aromatic heterocycles. The highest BCUT2D eigenvalue weighted by Crippen LogP contribution is 2.64. The fraction of sp³-hybridized carbons (Fsp3) is 0.480. The number of benzene rings is 1. The smallest absolute Gasteiger partial charge is 0.305 e. The van der Waals surface area contributed by atoms with Crippen molar-refractivity contribution in [2.24, 2.45) is 12.5 Å². The quantitative estimate of drug-likeness (QED) is 0.322. The second-order valence-corrected chi connectivity index (χ2v) is 10.5. The number of halogens is 3. The lowest BCUT2D eigenvalue weighted by Crippen LogP contribution is -2.23. The Morgan fingerprint density at radius 2 is 1.94 bits per heavy atom.